The van der Waals surface area contributed by atoms with Crippen LogP contribution in [0.25, 0.3) is 0 Å². The van der Waals surface area contributed by atoms with Gasteiger partial charge in [-0.15, -0.1) is 0 Å². The molecule has 0 radical (unpaired) electrons. The lowest BCUT2D eigenvalue weighted by Crippen LogP contribution is -2.49. The highest BCUT2D eigenvalue weighted by Gasteiger charge is 2.23. The van der Waals surface area contributed by atoms with Gasteiger partial charge in [0.1, 0.15) is 5.69 Å². The third-order valence-electron chi connectivity index (χ3n) is 4.84. The summed E-state index contributed by atoms with van der Waals surface area (Å²) in [5, 5.41) is 4.28. The van der Waals surface area contributed by atoms with Crippen LogP contribution in [0.3, 0.4) is 0 Å². The summed E-state index contributed by atoms with van der Waals surface area (Å²) < 4.78 is 1.40. The van der Waals surface area contributed by atoms with Crippen LogP contribution in [-0.2, 0) is 13.0 Å². The number of aromatic nitrogens is 2. The Balaban J connectivity index is 1.54. The first kappa shape index (κ1) is 19.3. The Morgan fingerprint density at radius 2 is 1.74 bits per heavy atom. The van der Waals surface area contributed by atoms with Gasteiger partial charge >= 0.3 is 0 Å². The standard InChI is InChI=1S/C21H28N4O2/c1-17(2)16-25-20(26)9-8-19(22-25)21(27)24-14-12-23(13-15-24)11-10-18-6-4-3-5-7-18/h3-9,17H,10-16H2,1-2H3. The van der Waals surface area contributed by atoms with E-state index in [1.54, 1.807) is 6.07 Å². The number of hydrogen-bond donors (Lipinski definition) is 0. The molecular weight excluding hydrogens is 340 g/mol. The number of amides is 1. The first-order valence-electron chi connectivity index (χ1n) is 9.66. The maximum atomic E-state index is 12.8. The molecule has 1 aromatic heterocycles. The Hall–Kier alpha value is -2.47. The molecule has 0 unspecified atom stereocenters. The predicted molar refractivity (Wildman–Crippen MR) is 106 cm³/mol. The fourth-order valence-electron chi connectivity index (χ4n) is 3.31. The lowest BCUT2D eigenvalue weighted by molar-refractivity contribution is 0.0629. The van der Waals surface area contributed by atoms with Gasteiger partial charge in [0, 0.05) is 45.3 Å². The van der Waals surface area contributed by atoms with Crippen LogP contribution in [0.4, 0.5) is 0 Å². The van der Waals surface area contributed by atoms with Crippen LogP contribution < -0.4 is 5.56 Å². The zero-order valence-electron chi connectivity index (χ0n) is 16.2. The number of carbonyl (C=O) groups is 1. The summed E-state index contributed by atoms with van der Waals surface area (Å²) in [6.07, 6.45) is 1.02. The minimum absolute atomic E-state index is 0.0878. The van der Waals surface area contributed by atoms with Crippen LogP contribution in [0.15, 0.2) is 47.3 Å². The molecule has 0 saturated carbocycles. The number of piperazine rings is 1. The van der Waals surface area contributed by atoms with Gasteiger partial charge in [0.15, 0.2) is 0 Å². The van der Waals surface area contributed by atoms with E-state index in [0.717, 1.165) is 26.1 Å². The first-order valence-corrected chi connectivity index (χ1v) is 9.66. The van der Waals surface area contributed by atoms with Crippen molar-refractivity contribution in [2.75, 3.05) is 32.7 Å². The maximum Gasteiger partial charge on any atom is 0.274 e. The van der Waals surface area contributed by atoms with E-state index in [9.17, 15) is 9.59 Å². The van der Waals surface area contributed by atoms with Crippen molar-refractivity contribution in [3.05, 3.63) is 64.1 Å². The van der Waals surface area contributed by atoms with Gasteiger partial charge in [-0.1, -0.05) is 44.2 Å². The van der Waals surface area contributed by atoms with Crippen LogP contribution >= 0.6 is 0 Å². The molecule has 0 atom stereocenters. The number of rotatable bonds is 6. The number of nitrogens with zero attached hydrogens (tertiary/aromatic N) is 4. The topological polar surface area (TPSA) is 58.4 Å². The minimum atomic E-state index is -0.161. The smallest absolute Gasteiger partial charge is 0.274 e. The summed E-state index contributed by atoms with van der Waals surface area (Å²) >= 11 is 0. The third kappa shape index (κ3) is 5.26. The lowest BCUT2D eigenvalue weighted by Gasteiger charge is -2.34. The Morgan fingerprint density at radius 3 is 2.41 bits per heavy atom. The Kier molecular flexibility index (Phi) is 6.40. The summed E-state index contributed by atoms with van der Waals surface area (Å²) in [5.74, 6) is 0.212. The molecule has 3 rings (SSSR count). The van der Waals surface area contributed by atoms with Crippen molar-refractivity contribution >= 4 is 5.91 Å². The van der Waals surface area contributed by atoms with E-state index in [1.165, 1.54) is 16.3 Å². The molecule has 0 N–H and O–H groups in total. The van der Waals surface area contributed by atoms with Crippen molar-refractivity contribution in [1.82, 2.24) is 19.6 Å². The highest BCUT2D eigenvalue weighted by molar-refractivity contribution is 5.92. The second kappa shape index (κ2) is 8.95. The van der Waals surface area contributed by atoms with Crippen LogP contribution in [0.1, 0.15) is 29.9 Å². The molecule has 6 heteroatoms. The molecule has 2 heterocycles. The fourth-order valence-corrected chi connectivity index (χ4v) is 3.31. The van der Waals surface area contributed by atoms with E-state index >= 15 is 0 Å². The van der Waals surface area contributed by atoms with Crippen molar-refractivity contribution in [2.45, 2.75) is 26.8 Å². The fraction of sp³-hybridized carbons (Fsp3) is 0.476. The van der Waals surface area contributed by atoms with Gasteiger partial charge in [-0.3, -0.25) is 14.5 Å². The third-order valence-corrected chi connectivity index (χ3v) is 4.84. The molecule has 27 heavy (non-hydrogen) atoms. The average Bonchev–Trinajstić information content (AvgIpc) is 2.68. The van der Waals surface area contributed by atoms with Crippen LogP contribution in [0.5, 0.6) is 0 Å². The molecule has 1 aliphatic rings. The molecular formula is C21H28N4O2. The van der Waals surface area contributed by atoms with E-state index in [2.05, 4.69) is 34.3 Å². The van der Waals surface area contributed by atoms with Gasteiger partial charge in [0.25, 0.3) is 11.5 Å². The van der Waals surface area contributed by atoms with Crippen molar-refractivity contribution < 1.29 is 4.79 Å². The molecule has 1 aromatic carbocycles. The number of carbonyl (C=O) groups excluding carboxylic acids is 1. The monoisotopic (exact) mass is 368 g/mol. The second-order valence-electron chi connectivity index (χ2n) is 7.50. The molecule has 1 saturated heterocycles. The van der Waals surface area contributed by atoms with E-state index in [4.69, 9.17) is 0 Å². The number of benzene rings is 1. The number of hydrogen-bond acceptors (Lipinski definition) is 4. The van der Waals surface area contributed by atoms with E-state index in [1.807, 2.05) is 24.8 Å². The van der Waals surface area contributed by atoms with Crippen LogP contribution in [0, 0.1) is 5.92 Å². The Morgan fingerprint density at radius 1 is 1.04 bits per heavy atom. The van der Waals surface area contributed by atoms with Gasteiger partial charge in [-0.05, 0) is 24.0 Å². The molecule has 0 aliphatic carbocycles. The lowest BCUT2D eigenvalue weighted by atomic mass is 10.1. The van der Waals surface area contributed by atoms with Crippen molar-refractivity contribution in [2.24, 2.45) is 5.92 Å². The van der Waals surface area contributed by atoms with Crippen molar-refractivity contribution in [3.8, 4) is 0 Å². The summed E-state index contributed by atoms with van der Waals surface area (Å²) in [6.45, 7) is 8.69. The average molecular weight is 368 g/mol. The first-order chi connectivity index (χ1) is 13.0. The van der Waals surface area contributed by atoms with Gasteiger partial charge in [0.2, 0.25) is 0 Å². The maximum absolute atomic E-state index is 12.8. The van der Waals surface area contributed by atoms with Crippen molar-refractivity contribution in [1.29, 1.82) is 0 Å². The molecule has 1 aliphatic heterocycles. The summed E-state index contributed by atoms with van der Waals surface area (Å²) in [5.41, 5.74) is 1.53. The molecule has 1 amide bonds. The predicted octanol–water partition coefficient (Wildman–Crippen LogP) is 1.90. The zero-order chi connectivity index (χ0) is 19.2. The largest absolute Gasteiger partial charge is 0.335 e. The van der Waals surface area contributed by atoms with Gasteiger partial charge in [-0.25, -0.2) is 4.68 Å². The minimum Gasteiger partial charge on any atom is -0.335 e. The SMILES string of the molecule is CC(C)Cn1nc(C(=O)N2CCN(CCc3ccccc3)CC2)ccc1=O. The highest BCUT2D eigenvalue weighted by Crippen LogP contribution is 2.08. The highest BCUT2D eigenvalue weighted by atomic mass is 16.2. The van der Waals surface area contributed by atoms with Gasteiger partial charge in [0.05, 0.1) is 0 Å². The molecule has 0 spiro atoms. The van der Waals surface area contributed by atoms with E-state index < -0.39 is 0 Å². The Bertz CT molecular complexity index is 808. The van der Waals surface area contributed by atoms with E-state index in [-0.39, 0.29) is 11.5 Å². The molecule has 144 valence electrons. The normalized spacial score (nSPS) is 15.3. The quantitative estimate of drug-likeness (QED) is 0.781. The molecule has 0 bridgehead atoms. The van der Waals surface area contributed by atoms with Crippen molar-refractivity contribution in [3.63, 3.8) is 0 Å². The molecule has 2 aromatic rings. The Labute approximate surface area is 160 Å². The molecule has 6 nitrogen and oxygen atoms in total. The van der Waals surface area contributed by atoms with Gasteiger partial charge in [-0.2, -0.15) is 5.10 Å². The van der Waals surface area contributed by atoms with E-state index in [0.29, 0.717) is 31.2 Å². The van der Waals surface area contributed by atoms with Crippen LogP contribution in [0.2, 0.25) is 0 Å². The summed E-state index contributed by atoms with van der Waals surface area (Å²) in [6, 6.07) is 13.5. The summed E-state index contributed by atoms with van der Waals surface area (Å²) in [4.78, 5) is 28.9. The summed E-state index contributed by atoms with van der Waals surface area (Å²) in [7, 11) is 0. The molecule has 1 fully saturated rings. The van der Waals surface area contributed by atoms with Gasteiger partial charge < -0.3 is 4.90 Å². The zero-order valence-corrected chi connectivity index (χ0v) is 16.2. The second-order valence-corrected chi connectivity index (χ2v) is 7.50. The van der Waals surface area contributed by atoms with Crippen LogP contribution in [-0.4, -0.2) is 58.2 Å².